The number of nitrogens with two attached hydrogens (primary N) is 2. The zero-order valence-corrected chi connectivity index (χ0v) is 18.9. The van der Waals surface area contributed by atoms with Gasteiger partial charge in [-0.25, -0.2) is 8.96 Å². The van der Waals surface area contributed by atoms with Gasteiger partial charge in [0.2, 0.25) is 12.1 Å². The van der Waals surface area contributed by atoms with Crippen molar-refractivity contribution < 1.29 is 32.9 Å². The molecule has 0 saturated heterocycles. The Kier molecular flexibility index (Phi) is 13.0. The van der Waals surface area contributed by atoms with Gasteiger partial charge >= 0.3 is 7.82 Å². The molecule has 182 valence electrons. The van der Waals surface area contributed by atoms with E-state index in [0.717, 1.165) is 32.1 Å². The number of alkyl halides is 1. The molecule has 2 unspecified atom stereocenters. The van der Waals surface area contributed by atoms with E-state index in [9.17, 15) is 18.5 Å². The van der Waals surface area contributed by atoms with E-state index in [1.807, 2.05) is 0 Å². The van der Waals surface area contributed by atoms with E-state index in [-0.39, 0.29) is 23.8 Å². The first-order valence-corrected chi connectivity index (χ1v) is 12.2. The Morgan fingerprint density at radius 2 is 1.59 bits per heavy atom. The maximum Gasteiger partial charge on any atom is 0.524 e. The largest absolute Gasteiger partial charge is 0.524 e. The fourth-order valence-electron chi connectivity index (χ4n) is 2.93. The Labute approximate surface area is 187 Å². The molecule has 0 aliphatic heterocycles. The molecule has 0 aliphatic carbocycles. The lowest BCUT2D eigenvalue weighted by atomic mass is 10.1. The molecule has 0 spiro atoms. The van der Waals surface area contributed by atoms with Crippen LogP contribution in [0.2, 0.25) is 0 Å². The number of hydrogen-bond acceptors (Lipinski definition) is 6. The molecule has 0 saturated carbocycles. The monoisotopic (exact) mass is 476 g/mol. The summed E-state index contributed by atoms with van der Waals surface area (Å²) in [5, 5.41) is 5.25. The second-order valence-electron chi connectivity index (χ2n) is 7.37. The molecule has 0 heterocycles. The van der Waals surface area contributed by atoms with Gasteiger partial charge in [0.05, 0.1) is 6.04 Å². The van der Waals surface area contributed by atoms with E-state index < -0.39 is 25.9 Å². The van der Waals surface area contributed by atoms with Gasteiger partial charge in [0.15, 0.2) is 0 Å². The van der Waals surface area contributed by atoms with Crippen LogP contribution < -0.4 is 26.6 Å². The molecule has 0 aliphatic rings. The van der Waals surface area contributed by atoms with Gasteiger partial charge < -0.3 is 26.6 Å². The second kappa shape index (κ2) is 14.9. The Hall–Kier alpha value is -2.04. The molecule has 2 amide bonds. The topological polar surface area (TPSA) is 177 Å². The summed E-state index contributed by atoms with van der Waals surface area (Å²) in [6.45, 7) is 1.34. The Morgan fingerprint density at radius 1 is 1.00 bits per heavy atom. The number of phosphoric ester groups is 1. The normalized spacial score (nSPS) is 13.3. The minimum atomic E-state index is -4.88. The van der Waals surface area contributed by atoms with Crippen LogP contribution in [0.15, 0.2) is 24.3 Å². The lowest BCUT2D eigenvalue weighted by molar-refractivity contribution is -0.126. The highest BCUT2D eigenvalue weighted by atomic mass is 31.2. The first-order valence-electron chi connectivity index (χ1n) is 10.6. The van der Waals surface area contributed by atoms with E-state index in [2.05, 4.69) is 15.2 Å². The molecule has 32 heavy (non-hydrogen) atoms. The van der Waals surface area contributed by atoms with Crippen LogP contribution in [-0.2, 0) is 14.2 Å². The maximum absolute atomic E-state index is 14.5. The predicted octanol–water partition coefficient (Wildman–Crippen LogP) is 1.42. The van der Waals surface area contributed by atoms with Crippen LogP contribution >= 0.6 is 7.82 Å². The number of carbonyl (C=O) groups is 2. The SMILES string of the molecule is NCCCCC(N)C(=O)NCCCCCCNC(=O)C(F)c1ccccc1OP(=O)(O)O. The zero-order chi connectivity index (χ0) is 24.0. The summed E-state index contributed by atoms with van der Waals surface area (Å²) in [5.41, 5.74) is 11.0. The van der Waals surface area contributed by atoms with E-state index in [4.69, 9.17) is 21.3 Å². The maximum atomic E-state index is 14.5. The van der Waals surface area contributed by atoms with E-state index in [0.29, 0.717) is 25.9 Å². The summed E-state index contributed by atoms with van der Waals surface area (Å²) in [6, 6.07) is 4.74. The van der Waals surface area contributed by atoms with Gasteiger partial charge in [-0.2, -0.15) is 0 Å². The number of para-hydroxylation sites is 1. The number of phosphoric acid groups is 1. The molecule has 1 aromatic carbocycles. The summed E-state index contributed by atoms with van der Waals surface area (Å²) < 4.78 is 29.9. The molecule has 0 fully saturated rings. The highest BCUT2D eigenvalue weighted by Crippen LogP contribution is 2.41. The van der Waals surface area contributed by atoms with Gasteiger partial charge in [-0.15, -0.1) is 0 Å². The van der Waals surface area contributed by atoms with Crippen molar-refractivity contribution in [3.8, 4) is 5.75 Å². The van der Waals surface area contributed by atoms with Crippen molar-refractivity contribution >= 4 is 19.6 Å². The van der Waals surface area contributed by atoms with Crippen molar-refractivity contribution in [2.45, 2.75) is 57.2 Å². The number of halogens is 1. The van der Waals surface area contributed by atoms with E-state index >= 15 is 0 Å². The van der Waals surface area contributed by atoms with Crippen molar-refractivity contribution in [2.75, 3.05) is 19.6 Å². The fourth-order valence-corrected chi connectivity index (χ4v) is 3.35. The summed E-state index contributed by atoms with van der Waals surface area (Å²) >= 11 is 0. The lowest BCUT2D eigenvalue weighted by Crippen LogP contribution is -2.40. The second-order valence-corrected chi connectivity index (χ2v) is 8.53. The van der Waals surface area contributed by atoms with Crippen LogP contribution in [0.1, 0.15) is 56.7 Å². The third-order valence-electron chi connectivity index (χ3n) is 4.65. The predicted molar refractivity (Wildman–Crippen MR) is 118 cm³/mol. The smallest absolute Gasteiger partial charge is 0.404 e. The highest BCUT2D eigenvalue weighted by Gasteiger charge is 2.26. The number of carbonyl (C=O) groups excluding carboxylic acids is 2. The molecule has 1 rings (SSSR count). The van der Waals surface area contributed by atoms with E-state index in [1.165, 1.54) is 24.3 Å². The molecule has 0 radical (unpaired) electrons. The summed E-state index contributed by atoms with van der Waals surface area (Å²) in [4.78, 5) is 41.7. The standard InChI is InChI=1S/C20H34FN4O6P/c21-18(15-9-3-4-11-17(15)31-32(28,29)30)20(27)25-14-8-2-1-7-13-24-19(26)16(23)10-5-6-12-22/h3-4,9,11,16,18H,1-2,5-8,10,12-14,22-23H2,(H,24,26)(H,25,27)(H2,28,29,30). The van der Waals surface area contributed by atoms with Crippen molar-refractivity contribution in [3.05, 3.63) is 29.8 Å². The molecule has 0 aromatic heterocycles. The molecule has 1 aromatic rings. The molecule has 0 bridgehead atoms. The third-order valence-corrected chi connectivity index (χ3v) is 5.08. The van der Waals surface area contributed by atoms with Crippen molar-refractivity contribution in [1.82, 2.24) is 10.6 Å². The summed E-state index contributed by atoms with van der Waals surface area (Å²) in [7, 11) is -4.88. The molecular weight excluding hydrogens is 442 g/mol. The average molecular weight is 476 g/mol. The highest BCUT2D eigenvalue weighted by molar-refractivity contribution is 7.46. The van der Waals surface area contributed by atoms with Crippen molar-refractivity contribution in [1.29, 1.82) is 0 Å². The number of amides is 2. The fraction of sp³-hybridized carbons (Fsp3) is 0.600. The van der Waals surface area contributed by atoms with Gasteiger partial charge in [-0.1, -0.05) is 37.5 Å². The third kappa shape index (κ3) is 11.5. The lowest BCUT2D eigenvalue weighted by Gasteiger charge is -2.15. The van der Waals surface area contributed by atoms with Gasteiger partial charge in [-0.3, -0.25) is 19.4 Å². The molecule has 2 atom stereocenters. The Balaban J connectivity index is 2.23. The molecule has 10 nitrogen and oxygen atoms in total. The molecule has 8 N–H and O–H groups in total. The van der Waals surface area contributed by atoms with Crippen LogP contribution in [0.5, 0.6) is 5.75 Å². The zero-order valence-electron chi connectivity index (χ0n) is 18.0. The minimum absolute atomic E-state index is 0.175. The first kappa shape index (κ1) is 28.0. The van der Waals surface area contributed by atoms with Crippen LogP contribution in [0.3, 0.4) is 0 Å². The number of nitrogens with one attached hydrogen (secondary N) is 2. The average Bonchev–Trinajstić information content (AvgIpc) is 2.74. The van der Waals surface area contributed by atoms with Crippen molar-refractivity contribution in [2.24, 2.45) is 11.5 Å². The van der Waals surface area contributed by atoms with E-state index in [1.54, 1.807) is 0 Å². The van der Waals surface area contributed by atoms with Crippen LogP contribution in [-0.4, -0.2) is 47.3 Å². The Bertz CT molecular complexity index is 763. The van der Waals surface area contributed by atoms with Crippen LogP contribution in [0.4, 0.5) is 4.39 Å². The van der Waals surface area contributed by atoms with Gasteiger partial charge in [0, 0.05) is 18.7 Å². The number of benzene rings is 1. The summed E-state index contributed by atoms with van der Waals surface area (Å²) in [6.07, 6.45) is 3.10. The van der Waals surface area contributed by atoms with Gasteiger partial charge in [0.25, 0.3) is 5.91 Å². The molecular formula is C20H34FN4O6P. The first-order chi connectivity index (χ1) is 15.2. The number of hydrogen-bond donors (Lipinski definition) is 6. The van der Waals surface area contributed by atoms with Crippen LogP contribution in [0.25, 0.3) is 0 Å². The number of unbranched alkanes of at least 4 members (excludes halogenated alkanes) is 4. The van der Waals surface area contributed by atoms with Crippen molar-refractivity contribution in [3.63, 3.8) is 0 Å². The summed E-state index contributed by atoms with van der Waals surface area (Å²) in [5.74, 6) is -1.47. The van der Waals surface area contributed by atoms with Gasteiger partial charge in [-0.05, 0) is 38.3 Å². The van der Waals surface area contributed by atoms with Gasteiger partial charge in [0.1, 0.15) is 5.75 Å². The Morgan fingerprint density at radius 3 is 2.19 bits per heavy atom. The molecule has 12 heteroatoms. The van der Waals surface area contributed by atoms with Crippen LogP contribution in [0, 0.1) is 0 Å². The minimum Gasteiger partial charge on any atom is -0.404 e. The number of rotatable bonds is 16. The quantitative estimate of drug-likeness (QED) is 0.153.